The van der Waals surface area contributed by atoms with Gasteiger partial charge in [0.2, 0.25) is 0 Å². The highest BCUT2D eigenvalue weighted by Crippen LogP contribution is 2.24. The van der Waals surface area contributed by atoms with Gasteiger partial charge in [-0.3, -0.25) is 4.79 Å². The average molecular weight is 415 g/mol. The maximum absolute atomic E-state index is 11.8. The third-order valence-electron chi connectivity index (χ3n) is 3.33. The van der Waals surface area contributed by atoms with Crippen molar-refractivity contribution < 1.29 is 19.1 Å². The molecule has 6 nitrogen and oxygen atoms in total. The van der Waals surface area contributed by atoms with Gasteiger partial charge in [0.1, 0.15) is 5.60 Å². The molecule has 1 heterocycles. The van der Waals surface area contributed by atoms with E-state index in [2.05, 4.69) is 30.9 Å². The Labute approximate surface area is 158 Å². The van der Waals surface area contributed by atoms with E-state index in [0.717, 1.165) is 36.3 Å². The Morgan fingerprint density at radius 1 is 1.32 bits per heavy atom. The number of esters is 1. The number of halogens is 1. The summed E-state index contributed by atoms with van der Waals surface area (Å²) in [6.07, 6.45) is 0. The molecule has 0 spiro atoms. The minimum Gasteiger partial charge on any atom is -0.462 e. The second kappa shape index (κ2) is 10.4. The molecule has 1 aliphatic heterocycles. The van der Waals surface area contributed by atoms with Crippen molar-refractivity contribution >= 4 is 34.1 Å². The van der Waals surface area contributed by atoms with Crippen LogP contribution in [0, 0.1) is 0 Å². The van der Waals surface area contributed by atoms with Crippen molar-refractivity contribution in [2.45, 2.75) is 33.3 Å². The van der Waals surface area contributed by atoms with Crippen LogP contribution < -0.4 is 10.2 Å². The first-order chi connectivity index (χ1) is 11.8. The van der Waals surface area contributed by atoms with Crippen LogP contribution in [0.5, 0.6) is 0 Å². The highest BCUT2D eigenvalue weighted by molar-refractivity contribution is 9.10. The van der Waals surface area contributed by atoms with Crippen LogP contribution in [0.15, 0.2) is 22.7 Å². The van der Waals surface area contributed by atoms with Crippen molar-refractivity contribution in [2.24, 2.45) is 0 Å². The van der Waals surface area contributed by atoms with Gasteiger partial charge in [0.15, 0.2) is 0 Å². The molecular weight excluding hydrogens is 388 g/mol. The summed E-state index contributed by atoms with van der Waals surface area (Å²) in [6, 6.07) is 5.83. The summed E-state index contributed by atoms with van der Waals surface area (Å²) in [5, 5.41) is 3.31. The lowest BCUT2D eigenvalue weighted by Crippen LogP contribution is -2.43. The van der Waals surface area contributed by atoms with Crippen LogP contribution in [0.1, 0.15) is 38.1 Å². The van der Waals surface area contributed by atoms with Gasteiger partial charge in [0.05, 0.1) is 12.2 Å². The summed E-state index contributed by atoms with van der Waals surface area (Å²) in [7, 11) is 0. The molecule has 1 N–H and O–H groups in total. The summed E-state index contributed by atoms with van der Waals surface area (Å²) in [5.74, 6) is -0.277. The molecule has 1 aliphatic rings. The quantitative estimate of drug-likeness (QED) is 0.603. The number of nitrogens with zero attached hydrogens (tertiary/aromatic N) is 1. The zero-order valence-corrected chi connectivity index (χ0v) is 16.9. The topological polar surface area (TPSA) is 67.9 Å². The number of rotatable bonds is 4. The number of anilines is 1. The van der Waals surface area contributed by atoms with Gasteiger partial charge in [-0.05, 0) is 61.8 Å². The Kier molecular flexibility index (Phi) is 8.92. The Bertz CT molecular complexity index is 567. The normalized spacial score (nSPS) is 14.2. The minimum atomic E-state index is -0.318. The van der Waals surface area contributed by atoms with Crippen molar-refractivity contribution in [3.05, 3.63) is 28.2 Å². The van der Waals surface area contributed by atoms with Crippen molar-refractivity contribution in [2.75, 3.05) is 37.7 Å². The number of nitrogens with one attached hydrogen (secondary N) is 1. The standard InChI is InChI=1S/C13H17BrN2O2.C5H10O2/c1-2-18-13(17)11-9-10(3-4-12(11)14)16-7-5-15-6-8-16;1-5(2,3)7-4-6/h3-4,9,15H,2,5-8H2,1H3;4H,1-3H3. The zero-order chi connectivity index (χ0) is 18.9. The minimum absolute atomic E-state index is 0.277. The molecule has 0 aliphatic carbocycles. The molecule has 2 rings (SSSR count). The van der Waals surface area contributed by atoms with E-state index in [1.54, 1.807) is 0 Å². The molecule has 0 atom stereocenters. The number of hydrogen-bond donors (Lipinski definition) is 1. The lowest BCUT2D eigenvalue weighted by atomic mass is 10.1. The lowest BCUT2D eigenvalue weighted by molar-refractivity contribution is -0.138. The van der Waals surface area contributed by atoms with E-state index in [-0.39, 0.29) is 11.6 Å². The largest absolute Gasteiger partial charge is 0.462 e. The molecule has 0 unspecified atom stereocenters. The molecule has 0 saturated carbocycles. The predicted molar refractivity (Wildman–Crippen MR) is 102 cm³/mol. The smallest absolute Gasteiger partial charge is 0.339 e. The highest BCUT2D eigenvalue weighted by atomic mass is 79.9. The third kappa shape index (κ3) is 7.88. The van der Waals surface area contributed by atoms with Gasteiger partial charge in [-0.15, -0.1) is 0 Å². The van der Waals surface area contributed by atoms with Crippen molar-refractivity contribution in [1.82, 2.24) is 5.32 Å². The van der Waals surface area contributed by atoms with Gasteiger partial charge < -0.3 is 19.7 Å². The second-order valence-corrected chi connectivity index (χ2v) is 7.30. The van der Waals surface area contributed by atoms with E-state index in [9.17, 15) is 9.59 Å². The van der Waals surface area contributed by atoms with E-state index in [0.29, 0.717) is 18.6 Å². The predicted octanol–water partition coefficient (Wildman–Crippen LogP) is 2.99. The van der Waals surface area contributed by atoms with E-state index in [1.807, 2.05) is 45.9 Å². The maximum atomic E-state index is 11.8. The van der Waals surface area contributed by atoms with Gasteiger partial charge in [0.25, 0.3) is 6.47 Å². The fourth-order valence-electron chi connectivity index (χ4n) is 2.14. The Morgan fingerprint density at radius 3 is 2.44 bits per heavy atom. The summed E-state index contributed by atoms with van der Waals surface area (Å²) in [5.41, 5.74) is 1.34. The molecule has 1 aromatic rings. The molecule has 7 heteroatoms. The Balaban J connectivity index is 0.000000381. The third-order valence-corrected chi connectivity index (χ3v) is 4.02. The molecule has 0 bridgehead atoms. The first kappa shape index (κ1) is 21.4. The zero-order valence-electron chi connectivity index (χ0n) is 15.3. The molecule has 0 aromatic heterocycles. The monoisotopic (exact) mass is 414 g/mol. The van der Waals surface area contributed by atoms with Gasteiger partial charge in [0, 0.05) is 36.3 Å². The summed E-state index contributed by atoms with van der Waals surface area (Å²) < 4.78 is 10.4. The van der Waals surface area contributed by atoms with E-state index < -0.39 is 0 Å². The Hall–Kier alpha value is -1.60. The van der Waals surface area contributed by atoms with Gasteiger partial charge in [-0.2, -0.15) is 0 Å². The molecule has 25 heavy (non-hydrogen) atoms. The van der Waals surface area contributed by atoms with Crippen molar-refractivity contribution in [3.8, 4) is 0 Å². The van der Waals surface area contributed by atoms with Crippen LogP contribution in [0.3, 0.4) is 0 Å². The molecule has 1 fully saturated rings. The van der Waals surface area contributed by atoms with Crippen LogP contribution in [-0.4, -0.2) is 50.8 Å². The lowest BCUT2D eigenvalue weighted by Gasteiger charge is -2.29. The number of carbonyl (C=O) groups excluding carboxylic acids is 2. The van der Waals surface area contributed by atoms with Crippen molar-refractivity contribution in [3.63, 3.8) is 0 Å². The number of carbonyl (C=O) groups is 2. The summed E-state index contributed by atoms with van der Waals surface area (Å²) in [6.45, 7) is 12.0. The van der Waals surface area contributed by atoms with E-state index >= 15 is 0 Å². The van der Waals surface area contributed by atoms with Gasteiger partial charge in [-0.1, -0.05) is 0 Å². The molecular formula is C18H27BrN2O4. The number of hydrogen-bond acceptors (Lipinski definition) is 6. The average Bonchev–Trinajstić information content (AvgIpc) is 2.56. The molecule has 0 radical (unpaired) electrons. The van der Waals surface area contributed by atoms with Crippen LogP contribution in [0.2, 0.25) is 0 Å². The summed E-state index contributed by atoms with van der Waals surface area (Å²) >= 11 is 3.39. The van der Waals surface area contributed by atoms with Gasteiger partial charge >= 0.3 is 5.97 Å². The van der Waals surface area contributed by atoms with Crippen molar-refractivity contribution in [1.29, 1.82) is 0 Å². The molecule has 0 amide bonds. The van der Waals surface area contributed by atoms with E-state index in [4.69, 9.17) is 4.74 Å². The first-order valence-electron chi connectivity index (χ1n) is 8.32. The van der Waals surface area contributed by atoms with Crippen LogP contribution in [-0.2, 0) is 14.3 Å². The molecule has 140 valence electrons. The highest BCUT2D eigenvalue weighted by Gasteiger charge is 2.16. The second-order valence-electron chi connectivity index (χ2n) is 6.45. The van der Waals surface area contributed by atoms with Gasteiger partial charge in [-0.25, -0.2) is 4.79 Å². The molecule has 1 saturated heterocycles. The maximum Gasteiger partial charge on any atom is 0.339 e. The van der Waals surface area contributed by atoms with Crippen LogP contribution in [0.25, 0.3) is 0 Å². The fraction of sp³-hybridized carbons (Fsp3) is 0.556. The SMILES string of the molecule is CC(C)(C)OC=O.CCOC(=O)c1cc(N2CCNCC2)ccc1Br. The first-order valence-corrected chi connectivity index (χ1v) is 9.11. The fourth-order valence-corrected chi connectivity index (χ4v) is 2.55. The van der Waals surface area contributed by atoms with E-state index in [1.165, 1.54) is 0 Å². The number of piperazine rings is 1. The number of benzene rings is 1. The Morgan fingerprint density at radius 2 is 1.96 bits per heavy atom. The summed E-state index contributed by atoms with van der Waals surface area (Å²) in [4.78, 5) is 23.7. The number of ether oxygens (including phenoxy) is 2. The van der Waals surface area contributed by atoms with Crippen LogP contribution >= 0.6 is 15.9 Å². The molecule has 1 aromatic carbocycles. The van der Waals surface area contributed by atoms with Crippen LogP contribution in [0.4, 0.5) is 5.69 Å².